The van der Waals surface area contributed by atoms with Crippen LogP contribution in [0.2, 0.25) is 0 Å². The molecule has 0 aromatic heterocycles. The van der Waals surface area contributed by atoms with Crippen LogP contribution >= 0.6 is 0 Å². The van der Waals surface area contributed by atoms with E-state index in [1.807, 2.05) is 18.2 Å². The fourth-order valence-corrected chi connectivity index (χ4v) is 2.11. The van der Waals surface area contributed by atoms with Crippen molar-refractivity contribution in [3.8, 4) is 11.5 Å². The lowest BCUT2D eigenvalue weighted by molar-refractivity contribution is -0.135. The highest BCUT2D eigenvalue weighted by Crippen LogP contribution is 2.30. The fourth-order valence-electron chi connectivity index (χ4n) is 2.11. The van der Waals surface area contributed by atoms with Crippen LogP contribution in [0.15, 0.2) is 48.5 Å². The van der Waals surface area contributed by atoms with E-state index in [9.17, 15) is 9.59 Å². The van der Waals surface area contributed by atoms with Crippen LogP contribution < -0.4 is 20.1 Å². The summed E-state index contributed by atoms with van der Waals surface area (Å²) in [4.78, 5) is 25.0. The van der Waals surface area contributed by atoms with Gasteiger partial charge in [-0.05, 0) is 38.1 Å². The van der Waals surface area contributed by atoms with Gasteiger partial charge in [0.25, 0.3) is 0 Å². The summed E-state index contributed by atoms with van der Waals surface area (Å²) in [6.07, 6.45) is 0. The molecule has 132 valence electrons. The molecule has 0 saturated carbocycles. The Morgan fingerprint density at radius 1 is 0.800 bits per heavy atom. The van der Waals surface area contributed by atoms with Crippen molar-refractivity contribution < 1.29 is 19.1 Å². The summed E-state index contributed by atoms with van der Waals surface area (Å²) in [5.41, 5.74) is -0.106. The second-order valence-electron chi connectivity index (χ2n) is 5.97. The highest BCUT2D eigenvalue weighted by molar-refractivity contribution is 6.14. The van der Waals surface area contributed by atoms with Gasteiger partial charge >= 0.3 is 0 Å². The zero-order valence-corrected chi connectivity index (χ0v) is 14.8. The van der Waals surface area contributed by atoms with E-state index in [0.29, 0.717) is 22.9 Å². The maximum atomic E-state index is 12.6. The molecule has 0 aliphatic carbocycles. The van der Waals surface area contributed by atoms with Gasteiger partial charge in [-0.15, -0.1) is 0 Å². The standard InChI is InChI=1S/C19H22N2O4/c1-19(2,17(22)20-13-8-6-5-7-9-13)18(23)21-14-10-11-15(24-3)16(12-14)25-4/h5-12H,1-4H3,(H,20,22)(H,21,23). The average molecular weight is 342 g/mol. The predicted octanol–water partition coefficient (Wildman–Crippen LogP) is 3.31. The summed E-state index contributed by atoms with van der Waals surface area (Å²) in [7, 11) is 3.05. The van der Waals surface area contributed by atoms with Crippen molar-refractivity contribution in [3.63, 3.8) is 0 Å². The van der Waals surface area contributed by atoms with Crippen molar-refractivity contribution in [2.45, 2.75) is 13.8 Å². The Morgan fingerprint density at radius 2 is 1.36 bits per heavy atom. The number of carbonyl (C=O) groups excluding carboxylic acids is 2. The van der Waals surface area contributed by atoms with Crippen molar-refractivity contribution in [2.75, 3.05) is 24.9 Å². The number of anilines is 2. The third-order valence-electron chi connectivity index (χ3n) is 3.81. The summed E-state index contributed by atoms with van der Waals surface area (Å²) in [5, 5.41) is 5.48. The van der Waals surface area contributed by atoms with E-state index in [-0.39, 0.29) is 0 Å². The summed E-state index contributed by atoms with van der Waals surface area (Å²) in [5.74, 6) is 0.234. The lowest BCUT2D eigenvalue weighted by Crippen LogP contribution is -2.41. The van der Waals surface area contributed by atoms with E-state index >= 15 is 0 Å². The molecule has 0 saturated heterocycles. The number of para-hydroxylation sites is 1. The van der Waals surface area contributed by atoms with Crippen molar-refractivity contribution in [2.24, 2.45) is 5.41 Å². The summed E-state index contributed by atoms with van der Waals surface area (Å²) in [6.45, 7) is 3.14. The van der Waals surface area contributed by atoms with Gasteiger partial charge in [-0.1, -0.05) is 18.2 Å². The molecule has 0 unspecified atom stereocenters. The van der Waals surface area contributed by atoms with E-state index in [2.05, 4.69) is 10.6 Å². The van der Waals surface area contributed by atoms with Crippen LogP contribution in [-0.2, 0) is 9.59 Å². The molecule has 2 aromatic carbocycles. The molecule has 0 bridgehead atoms. The second-order valence-corrected chi connectivity index (χ2v) is 5.97. The highest BCUT2D eigenvalue weighted by Gasteiger charge is 2.36. The first-order chi connectivity index (χ1) is 11.9. The van der Waals surface area contributed by atoms with Crippen LogP contribution in [0, 0.1) is 5.41 Å². The lowest BCUT2D eigenvalue weighted by Gasteiger charge is -2.23. The van der Waals surface area contributed by atoms with Crippen LogP contribution in [0.1, 0.15) is 13.8 Å². The van der Waals surface area contributed by atoms with Gasteiger partial charge < -0.3 is 20.1 Å². The second kappa shape index (κ2) is 7.70. The fraction of sp³-hybridized carbons (Fsp3) is 0.263. The van der Waals surface area contributed by atoms with E-state index in [4.69, 9.17) is 9.47 Å². The number of ether oxygens (including phenoxy) is 2. The molecule has 2 aromatic rings. The molecule has 0 atom stereocenters. The molecule has 2 N–H and O–H groups in total. The molecular weight excluding hydrogens is 320 g/mol. The number of hydrogen-bond acceptors (Lipinski definition) is 4. The Morgan fingerprint density at radius 3 is 1.92 bits per heavy atom. The largest absolute Gasteiger partial charge is 0.493 e. The number of benzene rings is 2. The summed E-state index contributed by atoms with van der Waals surface area (Å²) in [6, 6.07) is 14.0. The Balaban J connectivity index is 2.11. The van der Waals surface area contributed by atoms with E-state index < -0.39 is 17.2 Å². The molecule has 0 aliphatic heterocycles. The van der Waals surface area contributed by atoms with Gasteiger partial charge in [-0.3, -0.25) is 9.59 Å². The van der Waals surface area contributed by atoms with Gasteiger partial charge in [0.05, 0.1) is 14.2 Å². The zero-order chi connectivity index (χ0) is 18.4. The quantitative estimate of drug-likeness (QED) is 0.790. The Bertz CT molecular complexity index is 757. The summed E-state index contributed by atoms with van der Waals surface area (Å²) < 4.78 is 10.4. The third-order valence-corrected chi connectivity index (χ3v) is 3.81. The minimum Gasteiger partial charge on any atom is -0.493 e. The third kappa shape index (κ3) is 4.29. The van der Waals surface area contributed by atoms with Gasteiger partial charge in [0.1, 0.15) is 5.41 Å². The maximum absolute atomic E-state index is 12.6. The molecule has 6 nitrogen and oxygen atoms in total. The monoisotopic (exact) mass is 342 g/mol. The van der Waals surface area contributed by atoms with Crippen LogP contribution in [-0.4, -0.2) is 26.0 Å². The van der Waals surface area contributed by atoms with Gasteiger partial charge in [-0.25, -0.2) is 0 Å². The molecule has 0 aliphatic rings. The van der Waals surface area contributed by atoms with Crippen molar-refractivity contribution >= 4 is 23.2 Å². The Labute approximate surface area is 147 Å². The first-order valence-electron chi connectivity index (χ1n) is 7.78. The number of amides is 2. The van der Waals surface area contributed by atoms with Crippen LogP contribution in [0.25, 0.3) is 0 Å². The minimum absolute atomic E-state index is 0.392. The number of nitrogens with one attached hydrogen (secondary N) is 2. The van der Waals surface area contributed by atoms with Crippen LogP contribution in [0.3, 0.4) is 0 Å². The first-order valence-corrected chi connectivity index (χ1v) is 7.78. The Hall–Kier alpha value is -3.02. The van der Waals surface area contributed by atoms with Crippen molar-refractivity contribution in [1.29, 1.82) is 0 Å². The lowest BCUT2D eigenvalue weighted by atomic mass is 9.90. The van der Waals surface area contributed by atoms with Gasteiger partial charge in [0.2, 0.25) is 11.8 Å². The molecule has 0 fully saturated rings. The average Bonchev–Trinajstić information content (AvgIpc) is 2.62. The van der Waals surface area contributed by atoms with Gasteiger partial charge in [0.15, 0.2) is 11.5 Å². The molecule has 2 rings (SSSR count). The van der Waals surface area contributed by atoms with Crippen LogP contribution in [0.4, 0.5) is 11.4 Å². The molecule has 6 heteroatoms. The highest BCUT2D eigenvalue weighted by atomic mass is 16.5. The van der Waals surface area contributed by atoms with E-state index in [1.165, 1.54) is 14.2 Å². The number of methoxy groups -OCH3 is 2. The summed E-state index contributed by atoms with van der Waals surface area (Å²) >= 11 is 0. The van der Waals surface area contributed by atoms with Crippen molar-refractivity contribution in [3.05, 3.63) is 48.5 Å². The van der Waals surface area contributed by atoms with E-state index in [0.717, 1.165) is 0 Å². The number of hydrogen-bond donors (Lipinski definition) is 2. The SMILES string of the molecule is COc1ccc(NC(=O)C(C)(C)C(=O)Nc2ccccc2)cc1OC. The molecule has 2 amide bonds. The first kappa shape index (κ1) is 18.3. The topological polar surface area (TPSA) is 76.7 Å². The number of rotatable bonds is 6. The molecule has 0 spiro atoms. The molecule has 0 radical (unpaired) electrons. The number of carbonyl (C=O) groups is 2. The van der Waals surface area contributed by atoms with Crippen LogP contribution in [0.5, 0.6) is 11.5 Å². The van der Waals surface area contributed by atoms with Crippen molar-refractivity contribution in [1.82, 2.24) is 0 Å². The maximum Gasteiger partial charge on any atom is 0.239 e. The molecular formula is C19H22N2O4. The zero-order valence-electron chi connectivity index (χ0n) is 14.8. The molecule has 25 heavy (non-hydrogen) atoms. The van der Waals surface area contributed by atoms with E-state index in [1.54, 1.807) is 44.2 Å². The Kier molecular flexibility index (Phi) is 5.64. The molecule has 0 heterocycles. The minimum atomic E-state index is -1.26. The normalized spacial score (nSPS) is 10.7. The van der Waals surface area contributed by atoms with Gasteiger partial charge in [0, 0.05) is 17.4 Å². The predicted molar refractivity (Wildman–Crippen MR) is 97.0 cm³/mol. The van der Waals surface area contributed by atoms with Gasteiger partial charge in [-0.2, -0.15) is 0 Å². The smallest absolute Gasteiger partial charge is 0.239 e.